The van der Waals surface area contributed by atoms with Gasteiger partial charge in [-0.05, 0) is 44.8 Å². The molecule has 0 saturated carbocycles. The molecular weight excluding hydrogens is 376 g/mol. The number of benzene rings is 1. The van der Waals surface area contributed by atoms with Crippen LogP contribution in [0, 0.1) is 0 Å². The zero-order valence-electron chi connectivity index (χ0n) is 17.9. The van der Waals surface area contributed by atoms with Crippen molar-refractivity contribution in [2.45, 2.75) is 25.8 Å². The van der Waals surface area contributed by atoms with Gasteiger partial charge in [0.25, 0.3) is 5.91 Å². The van der Waals surface area contributed by atoms with E-state index in [2.05, 4.69) is 0 Å². The molecule has 1 aliphatic rings. The minimum Gasteiger partial charge on any atom is -0.503 e. The number of carbonyl (C=O) groups is 2. The maximum absolute atomic E-state index is 12.8. The summed E-state index contributed by atoms with van der Waals surface area (Å²) in [5.41, 5.74) is 0.718. The molecule has 0 spiro atoms. The van der Waals surface area contributed by atoms with E-state index in [0.29, 0.717) is 35.8 Å². The molecule has 8 heteroatoms. The van der Waals surface area contributed by atoms with E-state index in [1.165, 1.54) is 26.2 Å². The van der Waals surface area contributed by atoms with Crippen LogP contribution in [-0.2, 0) is 9.59 Å². The Morgan fingerprint density at radius 2 is 1.72 bits per heavy atom. The summed E-state index contributed by atoms with van der Waals surface area (Å²) in [6, 6.07) is 2.70. The lowest BCUT2D eigenvalue weighted by Crippen LogP contribution is -2.33. The van der Waals surface area contributed by atoms with E-state index in [0.717, 1.165) is 6.54 Å². The number of nitrogens with zero attached hydrogens (tertiary/aromatic N) is 2. The van der Waals surface area contributed by atoms with Gasteiger partial charge in [0.05, 0.1) is 32.9 Å². The molecule has 1 unspecified atom stereocenters. The molecule has 1 aromatic rings. The van der Waals surface area contributed by atoms with Gasteiger partial charge in [0.15, 0.2) is 23.0 Å². The number of amides is 1. The zero-order valence-corrected chi connectivity index (χ0v) is 17.9. The lowest BCUT2D eigenvalue weighted by Gasteiger charge is -2.28. The third-order valence-electron chi connectivity index (χ3n) is 4.93. The Balaban J connectivity index is 2.58. The molecule has 1 atom stereocenters. The maximum Gasteiger partial charge on any atom is 0.290 e. The lowest BCUT2D eigenvalue weighted by molar-refractivity contribution is -0.129. The number of aliphatic hydroxyl groups is 1. The van der Waals surface area contributed by atoms with E-state index in [4.69, 9.17) is 14.2 Å². The van der Waals surface area contributed by atoms with Crippen molar-refractivity contribution in [3.05, 3.63) is 29.0 Å². The van der Waals surface area contributed by atoms with Crippen molar-refractivity contribution in [3.8, 4) is 17.2 Å². The molecule has 1 aromatic carbocycles. The van der Waals surface area contributed by atoms with Crippen molar-refractivity contribution < 1.29 is 28.9 Å². The molecule has 0 bridgehead atoms. The van der Waals surface area contributed by atoms with Crippen molar-refractivity contribution in [2.75, 3.05) is 48.5 Å². The predicted octanol–water partition coefficient (Wildman–Crippen LogP) is 2.34. The molecule has 1 aliphatic heterocycles. The summed E-state index contributed by atoms with van der Waals surface area (Å²) >= 11 is 0. The van der Waals surface area contributed by atoms with Gasteiger partial charge in [-0.1, -0.05) is 6.92 Å². The monoisotopic (exact) mass is 406 g/mol. The first-order chi connectivity index (χ1) is 13.8. The topological polar surface area (TPSA) is 88.5 Å². The second-order valence-corrected chi connectivity index (χ2v) is 7.06. The molecule has 0 aliphatic carbocycles. The number of ether oxygens (including phenoxy) is 3. The summed E-state index contributed by atoms with van der Waals surface area (Å²) in [4.78, 5) is 29.0. The van der Waals surface area contributed by atoms with Gasteiger partial charge in [0, 0.05) is 13.0 Å². The summed E-state index contributed by atoms with van der Waals surface area (Å²) in [7, 11) is 8.40. The van der Waals surface area contributed by atoms with Crippen LogP contribution in [-0.4, -0.2) is 75.1 Å². The number of rotatable bonds is 10. The second kappa shape index (κ2) is 9.65. The van der Waals surface area contributed by atoms with Gasteiger partial charge in [0.2, 0.25) is 5.75 Å². The summed E-state index contributed by atoms with van der Waals surface area (Å²) in [5, 5.41) is 10.5. The Morgan fingerprint density at radius 3 is 2.17 bits per heavy atom. The summed E-state index contributed by atoms with van der Waals surface area (Å²) in [6.45, 7) is 2.86. The normalized spacial score (nSPS) is 16.6. The van der Waals surface area contributed by atoms with Gasteiger partial charge < -0.3 is 29.1 Å². The minimum absolute atomic E-state index is 0.108. The number of carbonyl (C=O) groups excluding carboxylic acids is 2. The van der Waals surface area contributed by atoms with Crippen molar-refractivity contribution in [3.63, 3.8) is 0 Å². The van der Waals surface area contributed by atoms with Crippen LogP contribution in [0.1, 0.15) is 31.4 Å². The molecule has 160 valence electrons. The highest BCUT2D eigenvalue weighted by Crippen LogP contribution is 2.45. The van der Waals surface area contributed by atoms with Gasteiger partial charge in [0.1, 0.15) is 0 Å². The molecule has 0 fully saturated rings. The van der Waals surface area contributed by atoms with E-state index >= 15 is 0 Å². The quantitative estimate of drug-likeness (QED) is 0.638. The lowest BCUT2D eigenvalue weighted by atomic mass is 9.94. The zero-order chi connectivity index (χ0) is 21.7. The Bertz CT molecular complexity index is 777. The van der Waals surface area contributed by atoms with Gasteiger partial charge >= 0.3 is 0 Å². The number of Topliss-reactive ketones (excluding diaryl/α,β-unsaturated/α-hetero) is 1. The van der Waals surface area contributed by atoms with Gasteiger partial charge in [-0.25, -0.2) is 0 Å². The highest BCUT2D eigenvalue weighted by Gasteiger charge is 2.43. The maximum atomic E-state index is 12.8. The van der Waals surface area contributed by atoms with Crippen LogP contribution in [0.2, 0.25) is 0 Å². The average Bonchev–Trinajstić information content (AvgIpc) is 2.96. The molecule has 29 heavy (non-hydrogen) atoms. The third-order valence-corrected chi connectivity index (χ3v) is 4.93. The molecular formula is C21H30N2O6. The molecule has 8 nitrogen and oxygen atoms in total. The van der Waals surface area contributed by atoms with Crippen molar-refractivity contribution in [2.24, 2.45) is 0 Å². The number of ketones is 1. The first-order valence-electron chi connectivity index (χ1n) is 9.52. The van der Waals surface area contributed by atoms with Crippen molar-refractivity contribution in [1.82, 2.24) is 9.80 Å². The second-order valence-electron chi connectivity index (χ2n) is 7.06. The largest absolute Gasteiger partial charge is 0.503 e. The first-order valence-corrected chi connectivity index (χ1v) is 9.52. The fraction of sp³-hybridized carbons (Fsp3) is 0.524. The first kappa shape index (κ1) is 22.5. The van der Waals surface area contributed by atoms with Gasteiger partial charge in [-0.3, -0.25) is 9.59 Å². The third kappa shape index (κ3) is 4.48. The van der Waals surface area contributed by atoms with Crippen LogP contribution in [0.4, 0.5) is 0 Å². The van der Waals surface area contributed by atoms with E-state index in [9.17, 15) is 14.7 Å². The Kier molecular flexibility index (Phi) is 7.50. The Hall–Kier alpha value is -2.74. The SMILES string of the molecule is CCC(=O)C1=C(O)C(=O)N(CCCN(C)C)C1c1cc(OC)c(OC)c(OC)c1. The fourth-order valence-electron chi connectivity index (χ4n) is 3.52. The van der Waals surface area contributed by atoms with Crippen LogP contribution >= 0.6 is 0 Å². The molecule has 0 aromatic heterocycles. The van der Waals surface area contributed by atoms with Crippen LogP contribution in [0.25, 0.3) is 0 Å². The van der Waals surface area contributed by atoms with Crippen LogP contribution < -0.4 is 14.2 Å². The van der Waals surface area contributed by atoms with Crippen LogP contribution in [0.3, 0.4) is 0 Å². The molecule has 0 saturated heterocycles. The van der Waals surface area contributed by atoms with Gasteiger partial charge in [-0.15, -0.1) is 0 Å². The molecule has 1 heterocycles. The number of hydrogen-bond donors (Lipinski definition) is 1. The molecule has 1 amide bonds. The van der Waals surface area contributed by atoms with Gasteiger partial charge in [-0.2, -0.15) is 0 Å². The fourth-order valence-corrected chi connectivity index (χ4v) is 3.52. The summed E-state index contributed by atoms with van der Waals surface area (Å²) in [6.07, 6.45) is 0.875. The van der Waals surface area contributed by atoms with E-state index in [1.54, 1.807) is 19.1 Å². The highest BCUT2D eigenvalue weighted by atomic mass is 16.5. The predicted molar refractivity (Wildman–Crippen MR) is 109 cm³/mol. The molecule has 2 rings (SSSR count). The van der Waals surface area contributed by atoms with Crippen LogP contribution in [0.5, 0.6) is 17.2 Å². The summed E-state index contributed by atoms with van der Waals surface area (Å²) < 4.78 is 16.2. The van der Waals surface area contributed by atoms with Crippen molar-refractivity contribution >= 4 is 11.7 Å². The number of hydrogen-bond acceptors (Lipinski definition) is 7. The Labute approximate surface area is 171 Å². The standard InChI is InChI=1S/C21H30N2O6/c1-7-14(24)17-18(23(21(26)19(17)25)10-8-9-22(2)3)13-11-15(27-4)20(29-6)16(12-13)28-5/h11-12,18,25H,7-10H2,1-6H3. The average molecular weight is 406 g/mol. The summed E-state index contributed by atoms with van der Waals surface area (Å²) in [5.74, 6) is -0.0577. The Morgan fingerprint density at radius 1 is 1.14 bits per heavy atom. The molecule has 1 N–H and O–H groups in total. The highest BCUT2D eigenvalue weighted by molar-refractivity contribution is 6.08. The van der Waals surface area contributed by atoms with E-state index in [1.807, 2.05) is 19.0 Å². The minimum atomic E-state index is -0.717. The van der Waals surface area contributed by atoms with E-state index < -0.39 is 17.7 Å². The number of aliphatic hydroxyl groups excluding tert-OH is 1. The number of methoxy groups -OCH3 is 3. The van der Waals surface area contributed by atoms with E-state index in [-0.39, 0.29) is 17.8 Å². The van der Waals surface area contributed by atoms with Crippen LogP contribution in [0.15, 0.2) is 23.5 Å². The molecule has 0 radical (unpaired) electrons. The van der Waals surface area contributed by atoms with Crippen molar-refractivity contribution in [1.29, 1.82) is 0 Å². The smallest absolute Gasteiger partial charge is 0.290 e.